The number of carbonyl (C=O) groups excluding carboxylic acids is 1. The summed E-state index contributed by atoms with van der Waals surface area (Å²) in [5.74, 6) is -0.424. The van der Waals surface area contributed by atoms with Crippen molar-refractivity contribution in [1.82, 2.24) is 9.55 Å². The molecule has 1 saturated heterocycles. The van der Waals surface area contributed by atoms with Gasteiger partial charge in [0.2, 0.25) is 0 Å². The summed E-state index contributed by atoms with van der Waals surface area (Å²) in [5, 5.41) is 1.07. The first kappa shape index (κ1) is 23.3. The standard InChI is InChI=1S/C28H26FN3O2S/c29-22-11-9-21(10-12-22)26(33)19-35-28-30-25-14-13-23(31-15-5-2-6-16-31)17-24(25)27(34)32(28)18-20-7-3-1-4-8-20/h1,3-4,7-14,17H,2,5-6,15-16,18-19H2. The van der Waals surface area contributed by atoms with Crippen molar-refractivity contribution in [2.24, 2.45) is 0 Å². The molecule has 4 aromatic rings. The van der Waals surface area contributed by atoms with Gasteiger partial charge in [0.1, 0.15) is 5.82 Å². The number of nitrogens with zero attached hydrogens (tertiary/aromatic N) is 3. The third-order valence-electron chi connectivity index (χ3n) is 6.31. The van der Waals surface area contributed by atoms with E-state index in [-0.39, 0.29) is 22.9 Å². The minimum absolute atomic E-state index is 0.101. The quantitative estimate of drug-likeness (QED) is 0.194. The Hall–Kier alpha value is -3.45. The normalized spacial score (nSPS) is 13.8. The zero-order valence-electron chi connectivity index (χ0n) is 19.3. The summed E-state index contributed by atoms with van der Waals surface area (Å²) in [7, 11) is 0. The maximum absolute atomic E-state index is 13.7. The van der Waals surface area contributed by atoms with Gasteiger partial charge >= 0.3 is 0 Å². The summed E-state index contributed by atoms with van der Waals surface area (Å²) in [4.78, 5) is 33.5. The highest BCUT2D eigenvalue weighted by molar-refractivity contribution is 7.99. The molecule has 1 aliphatic rings. The van der Waals surface area contributed by atoms with Crippen molar-refractivity contribution in [3.63, 3.8) is 0 Å². The number of thioether (sulfide) groups is 1. The molecule has 35 heavy (non-hydrogen) atoms. The molecule has 0 bridgehead atoms. The third-order valence-corrected chi connectivity index (χ3v) is 7.28. The zero-order chi connectivity index (χ0) is 24.2. The van der Waals surface area contributed by atoms with Crippen LogP contribution in [0.15, 0.2) is 82.7 Å². The Morgan fingerprint density at radius 1 is 0.943 bits per heavy atom. The predicted octanol–water partition coefficient (Wildman–Crippen LogP) is 5.55. The maximum atomic E-state index is 13.7. The second-order valence-electron chi connectivity index (χ2n) is 8.74. The maximum Gasteiger partial charge on any atom is 0.262 e. The van der Waals surface area contributed by atoms with Gasteiger partial charge in [0.25, 0.3) is 5.56 Å². The summed E-state index contributed by atoms with van der Waals surface area (Å²) in [6.07, 6.45) is 3.56. The number of Topliss-reactive ketones (excluding diaryl/α,β-unsaturated/α-hetero) is 1. The minimum atomic E-state index is -0.383. The molecule has 2 heterocycles. The molecule has 0 spiro atoms. The average molecular weight is 488 g/mol. The van der Waals surface area contributed by atoms with Crippen LogP contribution in [-0.2, 0) is 6.54 Å². The van der Waals surface area contributed by atoms with Gasteiger partial charge in [-0.15, -0.1) is 0 Å². The number of hydrogen-bond donors (Lipinski definition) is 0. The fraction of sp³-hybridized carbons (Fsp3) is 0.250. The second kappa shape index (κ2) is 10.4. The Kier molecular flexibility index (Phi) is 6.95. The molecule has 5 rings (SSSR count). The van der Waals surface area contributed by atoms with Crippen molar-refractivity contribution >= 4 is 34.1 Å². The topological polar surface area (TPSA) is 55.2 Å². The molecule has 0 aliphatic carbocycles. The number of halogens is 1. The Bertz CT molecular complexity index is 1400. The van der Waals surface area contributed by atoms with E-state index < -0.39 is 0 Å². The van der Waals surface area contributed by atoms with Gasteiger partial charge in [0.15, 0.2) is 10.9 Å². The summed E-state index contributed by atoms with van der Waals surface area (Å²) >= 11 is 1.23. The molecule has 7 heteroatoms. The number of hydrogen-bond acceptors (Lipinski definition) is 5. The SMILES string of the molecule is O=C(CSc1nc2ccc(N3CCCCC3)cc2c(=O)n1Cc1ccccc1)c1ccc(F)cc1. The number of fused-ring (bicyclic) bond motifs is 1. The molecule has 5 nitrogen and oxygen atoms in total. The molecule has 1 aliphatic heterocycles. The molecule has 0 radical (unpaired) electrons. The zero-order valence-corrected chi connectivity index (χ0v) is 20.1. The summed E-state index contributed by atoms with van der Waals surface area (Å²) in [6.45, 7) is 2.36. The Labute approximate surface area is 207 Å². The predicted molar refractivity (Wildman–Crippen MR) is 139 cm³/mol. The Morgan fingerprint density at radius 3 is 2.43 bits per heavy atom. The van der Waals surface area contributed by atoms with Gasteiger partial charge in [0.05, 0.1) is 23.2 Å². The van der Waals surface area contributed by atoms with Crippen LogP contribution in [0.4, 0.5) is 10.1 Å². The van der Waals surface area contributed by atoms with E-state index in [1.165, 1.54) is 42.4 Å². The second-order valence-corrected chi connectivity index (χ2v) is 9.68. The highest BCUT2D eigenvalue weighted by atomic mass is 32.2. The van der Waals surface area contributed by atoms with Crippen LogP contribution in [0.25, 0.3) is 10.9 Å². The van der Waals surface area contributed by atoms with Crippen LogP contribution in [0.5, 0.6) is 0 Å². The van der Waals surface area contributed by atoms with E-state index >= 15 is 0 Å². The fourth-order valence-electron chi connectivity index (χ4n) is 4.40. The number of ketones is 1. The highest BCUT2D eigenvalue weighted by Gasteiger charge is 2.17. The van der Waals surface area contributed by atoms with Crippen LogP contribution in [0.1, 0.15) is 35.2 Å². The highest BCUT2D eigenvalue weighted by Crippen LogP contribution is 2.25. The minimum Gasteiger partial charge on any atom is -0.372 e. The molecule has 0 N–H and O–H groups in total. The van der Waals surface area contributed by atoms with E-state index in [1.54, 1.807) is 4.57 Å². The van der Waals surface area contributed by atoms with Gasteiger partial charge in [-0.3, -0.25) is 14.2 Å². The first-order valence-electron chi connectivity index (χ1n) is 11.8. The number of anilines is 1. The molecular weight excluding hydrogens is 461 g/mol. The molecule has 0 atom stereocenters. The van der Waals surface area contributed by atoms with Crippen LogP contribution < -0.4 is 10.5 Å². The first-order valence-corrected chi connectivity index (χ1v) is 12.8. The molecule has 0 amide bonds. The van der Waals surface area contributed by atoms with Crippen molar-refractivity contribution in [1.29, 1.82) is 0 Å². The first-order chi connectivity index (χ1) is 17.1. The monoisotopic (exact) mass is 487 g/mol. The van der Waals surface area contributed by atoms with Gasteiger partial charge in [-0.25, -0.2) is 9.37 Å². The lowest BCUT2D eigenvalue weighted by atomic mass is 10.1. The number of aromatic nitrogens is 2. The van der Waals surface area contributed by atoms with E-state index in [9.17, 15) is 14.0 Å². The van der Waals surface area contributed by atoms with Crippen molar-refractivity contribution in [2.75, 3.05) is 23.7 Å². The largest absolute Gasteiger partial charge is 0.372 e. The van der Waals surface area contributed by atoms with Crippen LogP contribution in [0, 0.1) is 5.82 Å². The number of rotatable bonds is 7. The Balaban J connectivity index is 1.50. The lowest BCUT2D eigenvalue weighted by Crippen LogP contribution is -2.30. The average Bonchev–Trinajstić information content (AvgIpc) is 2.90. The van der Waals surface area contributed by atoms with Crippen LogP contribution >= 0.6 is 11.8 Å². The van der Waals surface area contributed by atoms with E-state index in [2.05, 4.69) is 4.90 Å². The van der Waals surface area contributed by atoms with E-state index in [4.69, 9.17) is 4.98 Å². The number of carbonyl (C=O) groups is 1. The lowest BCUT2D eigenvalue weighted by Gasteiger charge is -2.29. The van der Waals surface area contributed by atoms with Crippen LogP contribution in [0.2, 0.25) is 0 Å². The van der Waals surface area contributed by atoms with Crippen molar-refractivity contribution in [3.8, 4) is 0 Å². The van der Waals surface area contributed by atoms with Gasteiger partial charge < -0.3 is 4.90 Å². The molecule has 1 fully saturated rings. The van der Waals surface area contributed by atoms with Crippen molar-refractivity contribution in [3.05, 3.63) is 100 Å². The van der Waals surface area contributed by atoms with Gasteiger partial charge in [-0.2, -0.15) is 0 Å². The van der Waals surface area contributed by atoms with Crippen molar-refractivity contribution < 1.29 is 9.18 Å². The number of benzene rings is 3. The molecule has 1 aromatic heterocycles. The molecule has 178 valence electrons. The molecule has 0 unspecified atom stereocenters. The summed E-state index contributed by atoms with van der Waals surface area (Å²) in [5.41, 5.74) is 2.97. The van der Waals surface area contributed by atoms with Crippen LogP contribution in [-0.4, -0.2) is 34.2 Å². The molecule has 0 saturated carbocycles. The van der Waals surface area contributed by atoms with E-state index in [0.717, 1.165) is 37.2 Å². The lowest BCUT2D eigenvalue weighted by molar-refractivity contribution is 0.102. The van der Waals surface area contributed by atoms with Gasteiger partial charge in [-0.05, 0) is 67.3 Å². The smallest absolute Gasteiger partial charge is 0.262 e. The van der Waals surface area contributed by atoms with Gasteiger partial charge in [0, 0.05) is 24.3 Å². The van der Waals surface area contributed by atoms with Crippen LogP contribution in [0.3, 0.4) is 0 Å². The molecular formula is C28H26FN3O2S. The van der Waals surface area contributed by atoms with Gasteiger partial charge in [-0.1, -0.05) is 42.1 Å². The Morgan fingerprint density at radius 2 is 1.69 bits per heavy atom. The van der Waals surface area contributed by atoms with Crippen molar-refractivity contribution in [2.45, 2.75) is 31.0 Å². The molecule has 3 aromatic carbocycles. The fourth-order valence-corrected chi connectivity index (χ4v) is 5.30. The third kappa shape index (κ3) is 5.30. The van der Waals surface area contributed by atoms with E-state index in [1.807, 2.05) is 48.5 Å². The number of piperidine rings is 1. The summed E-state index contributed by atoms with van der Waals surface area (Å²) in [6, 6.07) is 21.1. The van der Waals surface area contributed by atoms with E-state index in [0.29, 0.717) is 28.2 Å². The summed E-state index contributed by atoms with van der Waals surface area (Å²) < 4.78 is 14.9.